The molecule has 1 aromatic heterocycles. The van der Waals surface area contributed by atoms with Crippen molar-refractivity contribution in [2.24, 2.45) is 0 Å². The summed E-state index contributed by atoms with van der Waals surface area (Å²) >= 11 is 0. The summed E-state index contributed by atoms with van der Waals surface area (Å²) in [6.45, 7) is 0. The van der Waals surface area contributed by atoms with Crippen LogP contribution in [0.3, 0.4) is 0 Å². The number of fused-ring (bicyclic) bond motifs is 1. The number of carbonyl (C=O) groups is 1. The van der Waals surface area contributed by atoms with E-state index in [0.29, 0.717) is 0 Å². The quantitative estimate of drug-likeness (QED) is 0.665. The van der Waals surface area contributed by atoms with Gasteiger partial charge in [-0.25, -0.2) is 0 Å². The second-order valence-electron chi connectivity index (χ2n) is 3.38. The lowest BCUT2D eigenvalue weighted by atomic mass is 9.87. The minimum atomic E-state index is -0.111. The molecule has 2 rings (SSSR count). The molecule has 3 nitrogen and oxygen atoms in total. The summed E-state index contributed by atoms with van der Waals surface area (Å²) in [5.74, 6) is -0.152. The van der Waals surface area contributed by atoms with E-state index in [0.717, 1.165) is 24.8 Å². The molecule has 0 spiro atoms. The summed E-state index contributed by atoms with van der Waals surface area (Å²) in [6, 6.07) is 1.98. The zero-order valence-electron chi connectivity index (χ0n) is 7.67. The summed E-state index contributed by atoms with van der Waals surface area (Å²) < 4.78 is 4.76. The number of carbonyl (C=O) groups excluding carboxylic acids is 1. The van der Waals surface area contributed by atoms with E-state index in [-0.39, 0.29) is 11.9 Å². The van der Waals surface area contributed by atoms with Crippen molar-refractivity contribution >= 4 is 5.97 Å². The maximum atomic E-state index is 11.4. The Hall–Kier alpha value is -1.25. The lowest BCUT2D eigenvalue weighted by molar-refractivity contribution is -0.142. The highest BCUT2D eigenvalue weighted by Crippen LogP contribution is 2.31. The molecule has 3 heteroatoms. The van der Waals surface area contributed by atoms with Gasteiger partial charge in [0.1, 0.15) is 0 Å². The molecule has 70 valence electrons. The van der Waals surface area contributed by atoms with Gasteiger partial charge in [0.05, 0.1) is 13.0 Å². The first-order valence-electron chi connectivity index (χ1n) is 4.57. The van der Waals surface area contributed by atoms with Crippen molar-refractivity contribution in [3.8, 4) is 0 Å². The van der Waals surface area contributed by atoms with E-state index in [9.17, 15) is 4.79 Å². The first-order valence-corrected chi connectivity index (χ1v) is 4.57. The highest BCUT2D eigenvalue weighted by molar-refractivity contribution is 5.78. The average Bonchev–Trinajstić information content (AvgIpc) is 2.63. The molecule has 0 radical (unpaired) electrons. The number of rotatable bonds is 1. The molecule has 0 aliphatic heterocycles. The number of hydrogen-bond donors (Lipinski definition) is 1. The molecule has 0 aromatic carbocycles. The number of aromatic nitrogens is 1. The second-order valence-corrected chi connectivity index (χ2v) is 3.38. The fraction of sp³-hybridized carbons (Fsp3) is 0.500. The van der Waals surface area contributed by atoms with Crippen molar-refractivity contribution in [2.45, 2.75) is 25.2 Å². The monoisotopic (exact) mass is 179 g/mol. The van der Waals surface area contributed by atoms with Gasteiger partial charge >= 0.3 is 5.97 Å². The van der Waals surface area contributed by atoms with Gasteiger partial charge in [0.25, 0.3) is 0 Å². The average molecular weight is 179 g/mol. The van der Waals surface area contributed by atoms with Crippen LogP contribution in [0.15, 0.2) is 12.3 Å². The summed E-state index contributed by atoms with van der Waals surface area (Å²) in [6.07, 6.45) is 4.92. The number of esters is 1. The van der Waals surface area contributed by atoms with Crippen LogP contribution >= 0.6 is 0 Å². The number of aromatic amines is 1. The molecule has 1 heterocycles. The molecule has 1 aromatic rings. The third kappa shape index (κ3) is 1.34. The van der Waals surface area contributed by atoms with Gasteiger partial charge < -0.3 is 9.72 Å². The van der Waals surface area contributed by atoms with Gasteiger partial charge in [-0.15, -0.1) is 0 Å². The Kier molecular flexibility index (Phi) is 2.08. The van der Waals surface area contributed by atoms with Gasteiger partial charge in [0, 0.05) is 11.9 Å². The third-order valence-electron chi connectivity index (χ3n) is 2.65. The Labute approximate surface area is 77.1 Å². The van der Waals surface area contributed by atoms with Crippen LogP contribution < -0.4 is 0 Å². The van der Waals surface area contributed by atoms with E-state index in [2.05, 4.69) is 4.98 Å². The number of methoxy groups -OCH3 is 1. The van der Waals surface area contributed by atoms with Gasteiger partial charge in [-0.2, -0.15) is 0 Å². The summed E-state index contributed by atoms with van der Waals surface area (Å²) in [5.41, 5.74) is 2.32. The van der Waals surface area contributed by atoms with Gasteiger partial charge in [-0.1, -0.05) is 0 Å². The molecule has 0 fully saturated rings. The molecule has 1 aliphatic carbocycles. The first kappa shape index (κ1) is 8.35. The smallest absolute Gasteiger partial charge is 0.313 e. The van der Waals surface area contributed by atoms with Gasteiger partial charge in [-0.3, -0.25) is 4.79 Å². The van der Waals surface area contributed by atoms with Gasteiger partial charge in [0.15, 0.2) is 0 Å². The number of ether oxygens (including phenoxy) is 1. The van der Waals surface area contributed by atoms with Crippen LogP contribution in [0, 0.1) is 0 Å². The zero-order valence-corrected chi connectivity index (χ0v) is 7.67. The number of aryl methyl sites for hydroxylation is 1. The van der Waals surface area contributed by atoms with Crippen LogP contribution in [-0.2, 0) is 16.0 Å². The number of H-pyrrole nitrogens is 1. The normalized spacial score (nSPS) is 20.8. The number of hydrogen-bond acceptors (Lipinski definition) is 2. The van der Waals surface area contributed by atoms with Gasteiger partial charge in [-0.05, 0) is 30.9 Å². The Morgan fingerprint density at radius 2 is 2.54 bits per heavy atom. The molecule has 0 saturated carbocycles. The molecular formula is C10H13NO2. The van der Waals surface area contributed by atoms with Gasteiger partial charge in [0.2, 0.25) is 0 Å². The SMILES string of the molecule is COC(=O)C1CCCc2[nH]ccc21. The molecule has 1 N–H and O–H groups in total. The minimum Gasteiger partial charge on any atom is -0.469 e. The van der Waals surface area contributed by atoms with E-state index in [1.54, 1.807) is 0 Å². The molecule has 0 amide bonds. The molecule has 0 bridgehead atoms. The molecule has 1 unspecified atom stereocenters. The third-order valence-corrected chi connectivity index (χ3v) is 2.65. The van der Waals surface area contributed by atoms with E-state index in [4.69, 9.17) is 4.74 Å². The van der Waals surface area contributed by atoms with Crippen molar-refractivity contribution in [3.05, 3.63) is 23.5 Å². The van der Waals surface area contributed by atoms with E-state index < -0.39 is 0 Å². The topological polar surface area (TPSA) is 42.1 Å². The summed E-state index contributed by atoms with van der Waals surface area (Å²) in [4.78, 5) is 14.6. The van der Waals surface area contributed by atoms with E-state index in [1.165, 1.54) is 12.8 Å². The fourth-order valence-corrected chi connectivity index (χ4v) is 1.98. The van der Waals surface area contributed by atoms with Crippen LogP contribution in [0.5, 0.6) is 0 Å². The van der Waals surface area contributed by atoms with E-state index >= 15 is 0 Å². The van der Waals surface area contributed by atoms with Crippen molar-refractivity contribution in [1.29, 1.82) is 0 Å². The standard InChI is InChI=1S/C10H13NO2/c1-13-10(12)8-3-2-4-9-7(8)5-6-11-9/h5-6,8,11H,2-4H2,1H3. The number of nitrogens with one attached hydrogen (secondary N) is 1. The lowest BCUT2D eigenvalue weighted by Gasteiger charge is -2.19. The second kappa shape index (κ2) is 3.24. The van der Waals surface area contributed by atoms with Crippen molar-refractivity contribution in [1.82, 2.24) is 4.98 Å². The van der Waals surface area contributed by atoms with Crippen LogP contribution in [0.4, 0.5) is 0 Å². The van der Waals surface area contributed by atoms with E-state index in [1.807, 2.05) is 12.3 Å². The maximum absolute atomic E-state index is 11.4. The largest absolute Gasteiger partial charge is 0.469 e. The first-order chi connectivity index (χ1) is 6.33. The van der Waals surface area contributed by atoms with Crippen LogP contribution in [0.25, 0.3) is 0 Å². The highest BCUT2D eigenvalue weighted by atomic mass is 16.5. The van der Waals surface area contributed by atoms with Crippen LogP contribution in [0.1, 0.15) is 30.0 Å². The fourth-order valence-electron chi connectivity index (χ4n) is 1.98. The maximum Gasteiger partial charge on any atom is 0.313 e. The Morgan fingerprint density at radius 1 is 1.69 bits per heavy atom. The molecule has 1 aliphatic rings. The van der Waals surface area contributed by atoms with Crippen molar-refractivity contribution in [3.63, 3.8) is 0 Å². The lowest BCUT2D eigenvalue weighted by Crippen LogP contribution is -2.18. The molecular weight excluding hydrogens is 166 g/mol. The van der Waals surface area contributed by atoms with Crippen LogP contribution in [0.2, 0.25) is 0 Å². The Morgan fingerprint density at radius 3 is 3.31 bits per heavy atom. The summed E-state index contributed by atoms with van der Waals surface area (Å²) in [5, 5.41) is 0. The molecule has 0 saturated heterocycles. The zero-order chi connectivity index (χ0) is 9.26. The molecule has 1 atom stereocenters. The Bertz CT molecular complexity index is 316. The Balaban J connectivity index is 2.30. The predicted molar refractivity (Wildman–Crippen MR) is 48.5 cm³/mol. The minimum absolute atomic E-state index is 0.0417. The van der Waals surface area contributed by atoms with Crippen molar-refractivity contribution in [2.75, 3.05) is 7.11 Å². The predicted octanol–water partition coefficient (Wildman–Crippen LogP) is 1.61. The van der Waals surface area contributed by atoms with Crippen LogP contribution in [-0.4, -0.2) is 18.1 Å². The van der Waals surface area contributed by atoms with Crippen molar-refractivity contribution < 1.29 is 9.53 Å². The summed E-state index contributed by atoms with van der Waals surface area (Å²) in [7, 11) is 1.45. The highest BCUT2D eigenvalue weighted by Gasteiger charge is 2.27. The molecule has 13 heavy (non-hydrogen) atoms.